The number of carbonyl (C=O) groups is 1. The molecule has 0 radical (unpaired) electrons. The average Bonchev–Trinajstić information content (AvgIpc) is 3.52. The van der Waals surface area contributed by atoms with Crippen molar-refractivity contribution in [2.75, 3.05) is 11.4 Å². The third kappa shape index (κ3) is 3.72. The quantitative estimate of drug-likeness (QED) is 0.256. The summed E-state index contributed by atoms with van der Waals surface area (Å²) in [6.45, 7) is 0.698. The van der Waals surface area contributed by atoms with Gasteiger partial charge in [0.1, 0.15) is 11.3 Å². The highest BCUT2D eigenvalue weighted by Crippen LogP contribution is 2.34. The molecule has 0 atom stereocenters. The fourth-order valence-corrected chi connectivity index (χ4v) is 5.32. The molecule has 3 aromatic heterocycles. The maximum atomic E-state index is 14.2. The first-order valence-electron chi connectivity index (χ1n) is 9.52. The minimum Gasteiger partial charge on any atom is -0.281 e. The van der Waals surface area contributed by atoms with Crippen molar-refractivity contribution >= 4 is 59.7 Å². The van der Waals surface area contributed by atoms with Crippen molar-refractivity contribution in [2.24, 2.45) is 0 Å². The maximum absolute atomic E-state index is 14.2. The van der Waals surface area contributed by atoms with Crippen LogP contribution in [0.5, 0.6) is 0 Å². The molecule has 0 fully saturated rings. The van der Waals surface area contributed by atoms with Crippen molar-refractivity contribution in [1.82, 2.24) is 14.8 Å². The van der Waals surface area contributed by atoms with Crippen LogP contribution in [-0.4, -0.2) is 32.1 Å². The van der Waals surface area contributed by atoms with Crippen LogP contribution < -0.4 is 4.90 Å². The molecule has 0 bridgehead atoms. The number of nitro groups is 1. The number of nitro benzene ring substituents is 1. The largest absolute Gasteiger partial charge is 0.281 e. The van der Waals surface area contributed by atoms with Gasteiger partial charge in [-0.1, -0.05) is 17.4 Å². The normalized spacial score (nSPS) is 11.3. The molecule has 0 N–H and O–H groups in total. The Balaban J connectivity index is 1.54. The second-order valence-electron chi connectivity index (χ2n) is 6.90. The number of fused-ring (bicyclic) bond motifs is 2. The number of carbonyl (C=O) groups excluding carboxylic acids is 1. The van der Waals surface area contributed by atoms with Crippen LogP contribution in [0.15, 0.2) is 60.9 Å². The zero-order valence-electron chi connectivity index (χ0n) is 16.3. The predicted molar refractivity (Wildman–Crippen MR) is 122 cm³/mol. The van der Waals surface area contributed by atoms with Crippen LogP contribution in [-0.2, 0) is 6.54 Å². The summed E-state index contributed by atoms with van der Waals surface area (Å²) in [4.78, 5) is 30.4. The monoisotopic (exact) mass is 467 g/mol. The van der Waals surface area contributed by atoms with Gasteiger partial charge in [-0.15, -0.1) is 11.3 Å². The molecule has 0 aliphatic carbocycles. The van der Waals surface area contributed by atoms with E-state index in [0.717, 1.165) is 4.70 Å². The number of hydrogen-bond acceptors (Lipinski definition) is 7. The number of aromatic nitrogens is 3. The number of benzene rings is 2. The molecule has 0 unspecified atom stereocenters. The summed E-state index contributed by atoms with van der Waals surface area (Å²) < 4.78 is 17.3. The first-order valence-corrected chi connectivity index (χ1v) is 11.2. The Morgan fingerprint density at radius 1 is 1.16 bits per heavy atom. The van der Waals surface area contributed by atoms with Crippen LogP contribution in [0.25, 0.3) is 20.3 Å². The third-order valence-corrected chi connectivity index (χ3v) is 7.02. The van der Waals surface area contributed by atoms with Gasteiger partial charge in [0.15, 0.2) is 5.13 Å². The fraction of sp³-hybridized carbons (Fsp3) is 0.0952. The molecule has 5 rings (SSSR count). The minimum atomic E-state index is -0.468. The molecule has 8 nitrogen and oxygen atoms in total. The van der Waals surface area contributed by atoms with E-state index in [4.69, 9.17) is 0 Å². The first-order chi connectivity index (χ1) is 15.5. The number of para-hydroxylation sites is 1. The lowest BCUT2D eigenvalue weighted by Crippen LogP contribution is -2.33. The van der Waals surface area contributed by atoms with Crippen LogP contribution >= 0.6 is 22.7 Å². The van der Waals surface area contributed by atoms with Gasteiger partial charge in [0.05, 0.1) is 21.0 Å². The van der Waals surface area contributed by atoms with E-state index in [1.165, 1.54) is 45.8 Å². The highest BCUT2D eigenvalue weighted by molar-refractivity contribution is 7.23. The van der Waals surface area contributed by atoms with Gasteiger partial charge in [0.2, 0.25) is 0 Å². The lowest BCUT2D eigenvalue weighted by atomic mass is 10.2. The summed E-state index contributed by atoms with van der Waals surface area (Å²) in [5.41, 5.74) is 0.183. The third-order valence-electron chi connectivity index (χ3n) is 4.87. The number of amides is 1. The van der Waals surface area contributed by atoms with Crippen LogP contribution in [0.1, 0.15) is 9.67 Å². The van der Waals surface area contributed by atoms with Gasteiger partial charge in [0.25, 0.3) is 11.6 Å². The molecule has 3 heterocycles. The molecule has 0 aliphatic rings. The van der Waals surface area contributed by atoms with E-state index in [-0.39, 0.29) is 23.7 Å². The second-order valence-corrected chi connectivity index (χ2v) is 8.99. The van der Waals surface area contributed by atoms with Crippen molar-refractivity contribution in [2.45, 2.75) is 6.54 Å². The first kappa shape index (κ1) is 20.2. The maximum Gasteiger partial charge on any atom is 0.270 e. The lowest BCUT2D eigenvalue weighted by Gasteiger charge is -2.19. The van der Waals surface area contributed by atoms with Crippen LogP contribution in [0, 0.1) is 15.9 Å². The summed E-state index contributed by atoms with van der Waals surface area (Å²) in [6, 6.07) is 12.6. The molecule has 160 valence electrons. The molecular weight excluding hydrogens is 453 g/mol. The standard InChI is InChI=1S/C21H14FN5O3S2/c22-15-3-1-4-17-19(15)24-21(32-17)26(10-9-25-8-2-7-23-25)20(28)18-12-13-11-14(27(29)30)5-6-16(13)31-18/h1-8,11-12H,9-10H2. The number of rotatable bonds is 6. The smallest absolute Gasteiger partial charge is 0.270 e. The van der Waals surface area contributed by atoms with E-state index < -0.39 is 10.7 Å². The summed E-state index contributed by atoms with van der Waals surface area (Å²) in [5, 5.41) is 16.2. The van der Waals surface area contributed by atoms with Gasteiger partial charge in [-0.05, 0) is 30.3 Å². The Hall–Kier alpha value is -3.70. The molecule has 11 heteroatoms. The van der Waals surface area contributed by atoms with E-state index in [1.807, 2.05) is 0 Å². The Morgan fingerprint density at radius 3 is 2.78 bits per heavy atom. The van der Waals surface area contributed by atoms with Crippen molar-refractivity contribution in [3.8, 4) is 0 Å². The fourth-order valence-electron chi connectivity index (χ4n) is 3.32. The van der Waals surface area contributed by atoms with Crippen molar-refractivity contribution in [3.63, 3.8) is 0 Å². The van der Waals surface area contributed by atoms with Crippen LogP contribution in [0.2, 0.25) is 0 Å². The van der Waals surface area contributed by atoms with Crippen molar-refractivity contribution < 1.29 is 14.1 Å². The molecule has 0 spiro atoms. The number of non-ortho nitro benzene ring substituents is 1. The number of hydrogen-bond donors (Lipinski definition) is 0. The van der Waals surface area contributed by atoms with Crippen LogP contribution in [0.4, 0.5) is 15.2 Å². The zero-order valence-corrected chi connectivity index (χ0v) is 18.0. The van der Waals surface area contributed by atoms with E-state index >= 15 is 0 Å². The van der Waals surface area contributed by atoms with Gasteiger partial charge < -0.3 is 0 Å². The van der Waals surface area contributed by atoms with Crippen molar-refractivity contribution in [1.29, 1.82) is 0 Å². The van der Waals surface area contributed by atoms with Gasteiger partial charge >= 0.3 is 0 Å². The molecule has 1 amide bonds. The van der Waals surface area contributed by atoms with E-state index in [0.29, 0.717) is 26.6 Å². The second kappa shape index (κ2) is 8.09. The lowest BCUT2D eigenvalue weighted by molar-refractivity contribution is -0.384. The van der Waals surface area contributed by atoms with E-state index in [1.54, 1.807) is 47.4 Å². The van der Waals surface area contributed by atoms with E-state index in [2.05, 4.69) is 10.1 Å². The highest BCUT2D eigenvalue weighted by Gasteiger charge is 2.24. The predicted octanol–water partition coefficient (Wildman–Crippen LogP) is 5.10. The number of thiazole rings is 1. The Bertz CT molecular complexity index is 1460. The molecule has 2 aromatic carbocycles. The van der Waals surface area contributed by atoms with Crippen LogP contribution in [0.3, 0.4) is 0 Å². The number of thiophene rings is 1. The number of nitrogens with zero attached hydrogens (tertiary/aromatic N) is 5. The topological polar surface area (TPSA) is 94.2 Å². The van der Waals surface area contributed by atoms with Gasteiger partial charge in [-0.3, -0.25) is 24.5 Å². The van der Waals surface area contributed by atoms with E-state index in [9.17, 15) is 19.3 Å². The molecule has 32 heavy (non-hydrogen) atoms. The summed E-state index contributed by atoms with van der Waals surface area (Å²) >= 11 is 2.48. The Kier molecular flexibility index (Phi) is 5.11. The highest BCUT2D eigenvalue weighted by atomic mass is 32.1. The van der Waals surface area contributed by atoms with Gasteiger partial charge in [-0.2, -0.15) is 5.10 Å². The molecule has 0 saturated heterocycles. The summed E-state index contributed by atoms with van der Waals surface area (Å²) in [5.74, 6) is -0.751. The molecule has 0 saturated carbocycles. The Labute approximate surface area is 188 Å². The minimum absolute atomic E-state index is 0.0357. The molecular formula is C21H14FN5O3S2. The SMILES string of the molecule is O=C(c1cc2cc([N+](=O)[O-])ccc2s1)N(CCn1cccn1)c1nc2c(F)cccc2s1. The summed E-state index contributed by atoms with van der Waals surface area (Å²) in [6.07, 6.45) is 3.44. The zero-order chi connectivity index (χ0) is 22.2. The van der Waals surface area contributed by atoms with Crippen molar-refractivity contribution in [3.05, 3.63) is 81.7 Å². The van der Waals surface area contributed by atoms with Gasteiger partial charge in [-0.25, -0.2) is 9.37 Å². The molecule has 5 aromatic rings. The average molecular weight is 468 g/mol. The number of halogens is 1. The summed E-state index contributed by atoms with van der Waals surface area (Å²) in [7, 11) is 0. The van der Waals surface area contributed by atoms with Gasteiger partial charge in [0, 0.05) is 41.2 Å². The molecule has 0 aliphatic heterocycles. The number of anilines is 1. The Morgan fingerprint density at radius 2 is 2.03 bits per heavy atom.